The van der Waals surface area contributed by atoms with Gasteiger partial charge in [-0.15, -0.1) is 0 Å². The Balaban J connectivity index is 1.88. The highest BCUT2D eigenvalue weighted by molar-refractivity contribution is 5.74. The van der Waals surface area contributed by atoms with Gasteiger partial charge in [-0.25, -0.2) is 4.79 Å². The van der Waals surface area contributed by atoms with Crippen LogP contribution in [0.4, 0.5) is 13.6 Å². The Morgan fingerprint density at radius 3 is 2.71 bits per heavy atom. The maximum absolute atomic E-state index is 14.0. The Kier molecular flexibility index (Phi) is 4.29. The lowest BCUT2D eigenvalue weighted by Crippen LogP contribution is -2.57. The Hall–Kier alpha value is -2.02. The molecule has 3 heterocycles. The second-order valence-corrected chi connectivity index (χ2v) is 7.01. The molecule has 1 saturated heterocycles. The smallest absolute Gasteiger partial charge is 0.411 e. The van der Waals surface area contributed by atoms with E-state index in [1.54, 1.807) is 11.0 Å². The number of aromatic nitrogens is 1. The Bertz CT molecular complexity index is 685. The van der Waals surface area contributed by atoms with Crippen LogP contribution in [0.5, 0.6) is 0 Å². The highest BCUT2D eigenvalue weighted by Gasteiger charge is 2.40. The number of rotatable bonds is 1. The fraction of sp³-hybridized carbons (Fsp3) is 0.529. The summed E-state index contributed by atoms with van der Waals surface area (Å²) in [5.74, 6) is -1.70. The quantitative estimate of drug-likeness (QED) is 0.738. The number of nitrogens with zero attached hydrogens (tertiary/aromatic N) is 2. The topological polar surface area (TPSA) is 51.7 Å². The van der Waals surface area contributed by atoms with Gasteiger partial charge in [-0.1, -0.05) is 6.08 Å². The summed E-state index contributed by atoms with van der Waals surface area (Å²) in [6.45, 7) is 6.09. The summed E-state index contributed by atoms with van der Waals surface area (Å²) >= 11 is 0. The molecule has 0 aromatic carbocycles. The van der Waals surface area contributed by atoms with E-state index in [0.717, 1.165) is 6.07 Å². The van der Waals surface area contributed by atoms with E-state index < -0.39 is 23.6 Å². The lowest BCUT2D eigenvalue weighted by atomic mass is 9.90. The highest BCUT2D eigenvalue weighted by Crippen LogP contribution is 2.34. The number of amides is 1. The number of ether oxygens (including phenoxy) is 2. The summed E-state index contributed by atoms with van der Waals surface area (Å²) in [6.07, 6.45) is 1.77. The minimum Gasteiger partial charge on any atom is -0.444 e. The van der Waals surface area contributed by atoms with Crippen molar-refractivity contribution in [2.24, 2.45) is 0 Å². The predicted octanol–water partition coefficient (Wildman–Crippen LogP) is 3.15. The van der Waals surface area contributed by atoms with Crippen molar-refractivity contribution in [2.45, 2.75) is 44.9 Å². The molecule has 24 heavy (non-hydrogen) atoms. The number of fused-ring (bicyclic) bond motifs is 2. The lowest BCUT2D eigenvalue weighted by Gasteiger charge is -2.44. The van der Waals surface area contributed by atoms with Crippen molar-refractivity contribution in [3.8, 4) is 0 Å². The third-order valence-electron chi connectivity index (χ3n) is 3.96. The summed E-state index contributed by atoms with van der Waals surface area (Å²) in [6, 6.07) is 1.92. The van der Waals surface area contributed by atoms with E-state index in [0.29, 0.717) is 25.2 Å². The van der Waals surface area contributed by atoms with Crippen molar-refractivity contribution < 1.29 is 23.0 Å². The van der Waals surface area contributed by atoms with Crippen molar-refractivity contribution in [3.63, 3.8) is 0 Å². The summed E-state index contributed by atoms with van der Waals surface area (Å²) in [4.78, 5) is 17.3. The first kappa shape index (κ1) is 16.8. The van der Waals surface area contributed by atoms with E-state index in [2.05, 4.69) is 4.98 Å². The fourth-order valence-corrected chi connectivity index (χ4v) is 3.05. The average Bonchev–Trinajstić information content (AvgIpc) is 2.44. The Morgan fingerprint density at radius 2 is 2.08 bits per heavy atom. The molecule has 1 aromatic heterocycles. The van der Waals surface area contributed by atoms with Gasteiger partial charge in [0.1, 0.15) is 5.60 Å². The second-order valence-electron chi connectivity index (χ2n) is 7.01. The normalized spacial score (nSPS) is 23.7. The van der Waals surface area contributed by atoms with Crippen LogP contribution in [0, 0.1) is 11.9 Å². The van der Waals surface area contributed by atoms with Crippen molar-refractivity contribution >= 4 is 11.7 Å². The van der Waals surface area contributed by atoms with Gasteiger partial charge in [0.05, 0.1) is 25.3 Å². The number of hydrogen-bond donors (Lipinski definition) is 0. The fourth-order valence-electron chi connectivity index (χ4n) is 3.05. The molecule has 7 heteroatoms. The Morgan fingerprint density at radius 1 is 1.33 bits per heavy atom. The summed E-state index contributed by atoms with van der Waals surface area (Å²) < 4.78 is 37.9. The van der Waals surface area contributed by atoms with Gasteiger partial charge in [-0.05, 0) is 44.9 Å². The van der Waals surface area contributed by atoms with Gasteiger partial charge in [0.2, 0.25) is 11.9 Å². The van der Waals surface area contributed by atoms with Crippen LogP contribution in [0.3, 0.4) is 0 Å². The molecule has 130 valence electrons. The second kappa shape index (κ2) is 6.12. The van der Waals surface area contributed by atoms with Crippen LogP contribution in [-0.4, -0.2) is 46.9 Å². The van der Waals surface area contributed by atoms with Gasteiger partial charge in [-0.2, -0.15) is 13.8 Å². The lowest BCUT2D eigenvalue weighted by molar-refractivity contribution is -0.0510. The summed E-state index contributed by atoms with van der Waals surface area (Å²) in [5.41, 5.74) is 0.374. The molecular formula is C17H20F2N2O3. The molecule has 0 saturated carbocycles. The standard InChI is InChI=1S/C17H20F2N2O3/c1-17(2,3)24-16(22)21-11-6-10(7-12(21)9-23-8-11)13-4-5-14(18)20-15(13)19/h4-6,11-12H,7-9H2,1-3H3. The van der Waals surface area contributed by atoms with E-state index in [4.69, 9.17) is 9.47 Å². The number of pyridine rings is 1. The molecule has 2 bridgehead atoms. The molecule has 1 fully saturated rings. The number of morpholine rings is 1. The largest absolute Gasteiger partial charge is 0.444 e. The molecule has 2 aliphatic heterocycles. The maximum atomic E-state index is 14.0. The van der Waals surface area contributed by atoms with Gasteiger partial charge in [0.25, 0.3) is 0 Å². The molecule has 1 aromatic rings. The summed E-state index contributed by atoms with van der Waals surface area (Å²) in [7, 11) is 0. The summed E-state index contributed by atoms with van der Waals surface area (Å²) in [5, 5.41) is 0. The van der Waals surface area contributed by atoms with Crippen LogP contribution in [0.1, 0.15) is 32.8 Å². The van der Waals surface area contributed by atoms with E-state index in [1.807, 2.05) is 20.8 Å². The van der Waals surface area contributed by atoms with Gasteiger partial charge < -0.3 is 9.47 Å². The first-order chi connectivity index (χ1) is 11.2. The predicted molar refractivity (Wildman–Crippen MR) is 83.2 cm³/mol. The van der Waals surface area contributed by atoms with Crippen LogP contribution in [-0.2, 0) is 9.47 Å². The molecule has 0 aliphatic carbocycles. The van der Waals surface area contributed by atoms with Crippen LogP contribution in [0.2, 0.25) is 0 Å². The number of halogens is 2. The maximum Gasteiger partial charge on any atom is 0.411 e. The SMILES string of the molecule is CC(C)(C)OC(=O)N1C2C=C(c3ccc(F)nc3F)CC1COC2. The van der Waals surface area contributed by atoms with Gasteiger partial charge in [0.15, 0.2) is 0 Å². The molecule has 0 spiro atoms. The Labute approximate surface area is 139 Å². The first-order valence-corrected chi connectivity index (χ1v) is 7.87. The zero-order valence-corrected chi connectivity index (χ0v) is 13.9. The minimum absolute atomic E-state index is 0.247. The van der Waals surface area contributed by atoms with Crippen LogP contribution in [0.15, 0.2) is 18.2 Å². The van der Waals surface area contributed by atoms with Crippen LogP contribution >= 0.6 is 0 Å². The van der Waals surface area contributed by atoms with Crippen molar-refractivity contribution in [1.29, 1.82) is 0 Å². The molecule has 2 unspecified atom stereocenters. The van der Waals surface area contributed by atoms with Gasteiger partial charge in [0, 0.05) is 5.56 Å². The van der Waals surface area contributed by atoms with Crippen molar-refractivity contribution in [1.82, 2.24) is 9.88 Å². The van der Waals surface area contributed by atoms with Crippen molar-refractivity contribution in [3.05, 3.63) is 35.7 Å². The van der Waals surface area contributed by atoms with Crippen LogP contribution < -0.4 is 0 Å². The monoisotopic (exact) mass is 338 g/mol. The van der Waals surface area contributed by atoms with Crippen LogP contribution in [0.25, 0.3) is 5.57 Å². The molecule has 1 amide bonds. The molecule has 2 aliphatic rings. The average molecular weight is 338 g/mol. The van der Waals surface area contributed by atoms with Gasteiger partial charge in [-0.3, -0.25) is 4.90 Å². The molecule has 0 radical (unpaired) electrons. The number of carbonyl (C=O) groups is 1. The minimum atomic E-state index is -0.855. The van der Waals surface area contributed by atoms with Crippen molar-refractivity contribution in [2.75, 3.05) is 13.2 Å². The molecular weight excluding hydrogens is 318 g/mol. The molecule has 5 nitrogen and oxygen atoms in total. The molecule has 0 N–H and O–H groups in total. The van der Waals surface area contributed by atoms with E-state index in [9.17, 15) is 13.6 Å². The van der Waals surface area contributed by atoms with E-state index in [-0.39, 0.29) is 17.6 Å². The number of hydrogen-bond acceptors (Lipinski definition) is 4. The van der Waals surface area contributed by atoms with Gasteiger partial charge >= 0.3 is 6.09 Å². The number of carbonyl (C=O) groups excluding carboxylic acids is 1. The first-order valence-electron chi connectivity index (χ1n) is 7.87. The third kappa shape index (κ3) is 3.40. The zero-order chi connectivity index (χ0) is 17.5. The van der Waals surface area contributed by atoms with E-state index >= 15 is 0 Å². The highest BCUT2D eigenvalue weighted by atomic mass is 19.1. The zero-order valence-electron chi connectivity index (χ0n) is 13.9. The molecule has 2 atom stereocenters. The van der Waals surface area contributed by atoms with E-state index in [1.165, 1.54) is 6.07 Å². The third-order valence-corrected chi connectivity index (χ3v) is 3.96. The molecule has 3 rings (SSSR count).